The second-order valence-corrected chi connectivity index (χ2v) is 12.4. The van der Waals surface area contributed by atoms with E-state index in [1.165, 1.54) is 11.1 Å². The van der Waals surface area contributed by atoms with Crippen LogP contribution in [0.15, 0.2) is 48.5 Å². The molecule has 0 aliphatic heterocycles. The molecule has 0 amide bonds. The zero-order valence-corrected chi connectivity index (χ0v) is 17.8. The molecule has 0 radical (unpaired) electrons. The molecule has 2 rings (SSSR count). The molecule has 0 aliphatic carbocycles. The third-order valence-corrected chi connectivity index (χ3v) is 8.36. The monoisotopic (exact) mass is 455 g/mol. The molecule has 4 nitrogen and oxygen atoms in total. The first-order chi connectivity index (χ1) is 11.5. The molecule has 0 fully saturated rings. The summed E-state index contributed by atoms with van der Waals surface area (Å²) in [5.41, 5.74) is 2.51. The molecule has 0 saturated heterocycles. The Hall–Kier alpha value is -1.63. The number of benzene rings is 2. The van der Waals surface area contributed by atoms with Gasteiger partial charge in [0.15, 0.2) is 0 Å². The van der Waals surface area contributed by atoms with Gasteiger partial charge < -0.3 is 0 Å². The van der Waals surface area contributed by atoms with Crippen LogP contribution in [-0.2, 0) is 14.0 Å². The predicted molar refractivity (Wildman–Crippen MR) is 110 cm³/mol. The van der Waals surface area contributed by atoms with Gasteiger partial charge in [0.2, 0.25) is 0 Å². The van der Waals surface area contributed by atoms with Crippen molar-refractivity contribution in [3.8, 4) is 0 Å². The van der Waals surface area contributed by atoms with Crippen molar-refractivity contribution in [1.82, 2.24) is 0 Å². The van der Waals surface area contributed by atoms with Crippen molar-refractivity contribution in [2.45, 2.75) is 52.4 Å². The van der Waals surface area contributed by atoms with Gasteiger partial charge in [0.1, 0.15) is 0 Å². The van der Waals surface area contributed by atoms with Crippen molar-refractivity contribution in [2.75, 3.05) is 0 Å². The van der Waals surface area contributed by atoms with Crippen molar-refractivity contribution in [3.63, 3.8) is 0 Å². The third kappa shape index (κ3) is 5.17. The molecule has 0 atom stereocenters. The van der Waals surface area contributed by atoms with E-state index < -0.39 is 25.3 Å². The molecule has 2 aromatic carbocycles. The van der Waals surface area contributed by atoms with Crippen LogP contribution in [-0.4, -0.2) is 5.09 Å². The van der Waals surface area contributed by atoms with Gasteiger partial charge in [-0.3, -0.25) is 0 Å². The first-order valence-corrected chi connectivity index (χ1v) is 11.3. The molecule has 0 heterocycles. The fourth-order valence-electron chi connectivity index (χ4n) is 2.39. The minimum atomic E-state index is -2.57. The normalized spacial score (nSPS) is 12.6. The molecule has 2 aromatic rings. The summed E-state index contributed by atoms with van der Waals surface area (Å²) in [7, 11) is 0. The Morgan fingerprint density at radius 1 is 0.760 bits per heavy atom. The first-order valence-electron chi connectivity index (χ1n) is 8.22. The molecular weight excluding hydrogens is 429 g/mol. The zero-order chi connectivity index (χ0) is 18.8. The molecule has 0 bridgehead atoms. The Balaban J connectivity index is 2.38. The fourth-order valence-corrected chi connectivity index (χ4v) is 5.91. The van der Waals surface area contributed by atoms with Crippen molar-refractivity contribution < 1.29 is 8.25 Å². The quantitative estimate of drug-likeness (QED) is 0.325. The van der Waals surface area contributed by atoms with E-state index in [-0.39, 0.29) is 10.8 Å². The second kappa shape index (κ2) is 7.32. The van der Waals surface area contributed by atoms with E-state index in [2.05, 4.69) is 41.5 Å². The summed E-state index contributed by atoms with van der Waals surface area (Å²) in [5, 5.41) is 10.4. The average Bonchev–Trinajstić information content (AvgIpc) is 2.51. The molecule has 0 saturated carbocycles. The van der Waals surface area contributed by atoms with Crippen LogP contribution in [0.25, 0.3) is 0 Å². The van der Waals surface area contributed by atoms with Gasteiger partial charge >= 0.3 is 158 Å². The molecule has 0 aliphatic rings. The van der Waals surface area contributed by atoms with Crippen LogP contribution in [0.5, 0.6) is 0 Å². The molecule has 5 heteroatoms. The van der Waals surface area contributed by atoms with E-state index in [0.717, 1.165) is 7.14 Å². The topological polar surface area (TPSA) is 52.4 Å². The Morgan fingerprint density at radius 3 is 1.32 bits per heavy atom. The molecule has 0 spiro atoms. The van der Waals surface area contributed by atoms with Gasteiger partial charge in [0.05, 0.1) is 0 Å². The maximum absolute atomic E-state index is 11.0. The van der Waals surface area contributed by atoms with Crippen LogP contribution in [0.4, 0.5) is 0 Å². The van der Waals surface area contributed by atoms with Crippen molar-refractivity contribution in [1.29, 1.82) is 0 Å². The Kier molecular flexibility index (Phi) is 5.76. The Bertz CT molecular complexity index is 668. The Labute approximate surface area is 157 Å². The predicted octanol–water partition coefficient (Wildman–Crippen LogP) is 5.95. The van der Waals surface area contributed by atoms with E-state index >= 15 is 0 Å². The maximum atomic E-state index is 11.0. The Morgan fingerprint density at radius 2 is 1.08 bits per heavy atom. The van der Waals surface area contributed by atoms with Crippen LogP contribution in [0.3, 0.4) is 0 Å². The molecule has 136 valence electrons. The van der Waals surface area contributed by atoms with E-state index in [0.29, 0.717) is 0 Å². The van der Waals surface area contributed by atoms with E-state index in [1.54, 1.807) is 0 Å². The standard InChI is InChI=1S/C20H26INO3/c1-19(2,3)15-7-11-17(12-8-15)21(25-22(23)24)18-13-9-16(10-14-18)20(4,5)6/h7-14H,1-6H3. The van der Waals surface area contributed by atoms with Crippen molar-refractivity contribution >= 4 is 20.2 Å². The first kappa shape index (κ1) is 19.7. The van der Waals surface area contributed by atoms with Gasteiger partial charge in [-0.15, -0.1) is 0 Å². The van der Waals surface area contributed by atoms with E-state index in [9.17, 15) is 10.1 Å². The van der Waals surface area contributed by atoms with Crippen LogP contribution < -0.4 is 0 Å². The minimum absolute atomic E-state index is 0.0515. The molecule has 0 unspecified atom stereocenters. The van der Waals surface area contributed by atoms with E-state index in [4.69, 9.17) is 3.17 Å². The zero-order valence-electron chi connectivity index (χ0n) is 15.7. The molecule has 25 heavy (non-hydrogen) atoms. The van der Waals surface area contributed by atoms with Gasteiger partial charge in [-0.2, -0.15) is 0 Å². The van der Waals surface area contributed by atoms with Gasteiger partial charge in [0.25, 0.3) is 0 Å². The number of hydrogen-bond donors (Lipinski definition) is 0. The summed E-state index contributed by atoms with van der Waals surface area (Å²) in [6.07, 6.45) is 0. The number of nitrogens with zero attached hydrogens (tertiary/aromatic N) is 1. The van der Waals surface area contributed by atoms with Gasteiger partial charge in [-0.1, -0.05) is 0 Å². The average molecular weight is 455 g/mol. The van der Waals surface area contributed by atoms with E-state index in [1.807, 2.05) is 48.5 Å². The second-order valence-electron chi connectivity index (χ2n) is 8.06. The number of hydrogen-bond acceptors (Lipinski definition) is 3. The summed E-state index contributed by atoms with van der Waals surface area (Å²) >= 11 is -2.57. The summed E-state index contributed by atoms with van der Waals surface area (Å²) in [6.45, 7) is 12.9. The van der Waals surface area contributed by atoms with Crippen molar-refractivity contribution in [2.24, 2.45) is 0 Å². The molecular formula is C20H26INO3. The van der Waals surface area contributed by atoms with Crippen LogP contribution in [0.2, 0.25) is 0 Å². The van der Waals surface area contributed by atoms with Crippen LogP contribution in [0, 0.1) is 17.3 Å². The van der Waals surface area contributed by atoms with Gasteiger partial charge in [-0.05, 0) is 0 Å². The molecule has 0 N–H and O–H groups in total. The number of halogens is 1. The summed E-state index contributed by atoms with van der Waals surface area (Å²) in [6, 6.07) is 16.1. The SMILES string of the molecule is CC(C)(C)c1ccc(I(O[N+](=O)[O-])c2ccc(C(C)(C)C)cc2)cc1. The summed E-state index contributed by atoms with van der Waals surface area (Å²) in [4.78, 5) is 11.0. The van der Waals surface area contributed by atoms with Gasteiger partial charge in [-0.25, -0.2) is 0 Å². The third-order valence-electron chi connectivity index (χ3n) is 3.94. The van der Waals surface area contributed by atoms with Crippen molar-refractivity contribution in [3.05, 3.63) is 76.9 Å². The summed E-state index contributed by atoms with van der Waals surface area (Å²) < 4.78 is 7.01. The van der Waals surface area contributed by atoms with Gasteiger partial charge in [0, 0.05) is 0 Å². The van der Waals surface area contributed by atoms with Crippen LogP contribution >= 0.6 is 20.2 Å². The number of rotatable bonds is 4. The molecule has 0 aromatic heterocycles. The van der Waals surface area contributed by atoms with Crippen LogP contribution in [0.1, 0.15) is 52.7 Å². The fraction of sp³-hybridized carbons (Fsp3) is 0.400. The summed E-state index contributed by atoms with van der Waals surface area (Å²) in [5.74, 6) is 0.